The van der Waals surface area contributed by atoms with Crippen molar-refractivity contribution in [1.29, 1.82) is 0 Å². The molecule has 1 amide bonds. The zero-order chi connectivity index (χ0) is 25.3. The summed E-state index contributed by atoms with van der Waals surface area (Å²) in [7, 11) is 0. The van der Waals surface area contributed by atoms with E-state index in [0.717, 1.165) is 30.3 Å². The number of carbonyl (C=O) groups excluding carboxylic acids is 1. The third kappa shape index (κ3) is 7.21. The molecule has 1 atom stereocenters. The summed E-state index contributed by atoms with van der Waals surface area (Å²) >= 11 is 3.58. The van der Waals surface area contributed by atoms with Crippen molar-refractivity contribution in [2.24, 2.45) is 0 Å². The molecule has 1 aliphatic heterocycles. The van der Waals surface area contributed by atoms with Crippen LogP contribution in [-0.2, 0) is 14.3 Å². The monoisotopic (exact) mass is 555 g/mol. The van der Waals surface area contributed by atoms with Gasteiger partial charge in [0.25, 0.3) is 5.91 Å². The molecule has 7 heteroatoms. The molecule has 192 valence electrons. The average Bonchev–Trinajstić information content (AvgIpc) is 3.75. The summed E-state index contributed by atoms with van der Waals surface area (Å²) in [5, 5.41) is 0. The van der Waals surface area contributed by atoms with Gasteiger partial charge < -0.3 is 23.8 Å². The Morgan fingerprint density at radius 1 is 1.14 bits per heavy atom. The maximum absolute atomic E-state index is 13.4. The Labute approximate surface area is 222 Å². The fourth-order valence-corrected chi connectivity index (χ4v) is 4.58. The molecule has 36 heavy (non-hydrogen) atoms. The smallest absolute Gasteiger partial charge is 0.293 e. The standard InChI is InChI=1S/C29H34BrNO5/c1-3-16-31(29(32)26(4-2)36-24-13-10-22(11-14-24)21-8-9-21)23-12-15-27(25(30)20-23)33-18-19-35-28-7-5-6-17-34-28/h3-4,10-15,20-21,28H,1,5-9,16-19H2,2H3. The van der Waals surface area contributed by atoms with Gasteiger partial charge in [-0.05, 0) is 103 Å². The van der Waals surface area contributed by atoms with Crippen LogP contribution in [0.4, 0.5) is 5.69 Å². The average molecular weight is 556 g/mol. The second-order valence-electron chi connectivity index (χ2n) is 8.93. The number of hydrogen-bond acceptors (Lipinski definition) is 5. The topological polar surface area (TPSA) is 57.2 Å². The number of hydrogen-bond donors (Lipinski definition) is 0. The lowest BCUT2D eigenvalue weighted by atomic mass is 10.1. The van der Waals surface area contributed by atoms with Crippen LogP contribution in [0.5, 0.6) is 11.5 Å². The van der Waals surface area contributed by atoms with E-state index in [9.17, 15) is 4.79 Å². The number of carbonyl (C=O) groups is 1. The van der Waals surface area contributed by atoms with Crippen molar-refractivity contribution in [3.63, 3.8) is 0 Å². The summed E-state index contributed by atoms with van der Waals surface area (Å²) in [5.41, 5.74) is 2.03. The predicted molar refractivity (Wildman–Crippen MR) is 145 cm³/mol. The number of anilines is 1. The van der Waals surface area contributed by atoms with Crippen molar-refractivity contribution in [2.45, 2.75) is 51.2 Å². The van der Waals surface area contributed by atoms with Crippen LogP contribution in [0.3, 0.4) is 0 Å². The van der Waals surface area contributed by atoms with Crippen LogP contribution in [0.25, 0.3) is 0 Å². The molecule has 0 radical (unpaired) electrons. The third-order valence-electron chi connectivity index (χ3n) is 6.20. The Hall–Kier alpha value is -2.61. The van der Waals surface area contributed by atoms with Gasteiger partial charge >= 0.3 is 0 Å². The van der Waals surface area contributed by atoms with Crippen molar-refractivity contribution in [1.82, 2.24) is 0 Å². The molecule has 0 spiro atoms. The largest absolute Gasteiger partial charge is 0.490 e. The highest BCUT2D eigenvalue weighted by Crippen LogP contribution is 2.40. The van der Waals surface area contributed by atoms with Gasteiger partial charge in [-0.1, -0.05) is 18.2 Å². The maximum atomic E-state index is 13.4. The highest BCUT2D eigenvalue weighted by Gasteiger charge is 2.24. The molecule has 0 aromatic heterocycles. The van der Waals surface area contributed by atoms with E-state index in [1.165, 1.54) is 18.4 Å². The molecule has 6 nitrogen and oxygen atoms in total. The number of halogens is 1. The molecular weight excluding hydrogens is 522 g/mol. The van der Waals surface area contributed by atoms with Gasteiger partial charge in [-0.15, -0.1) is 6.58 Å². The zero-order valence-electron chi connectivity index (χ0n) is 20.8. The van der Waals surface area contributed by atoms with Crippen molar-refractivity contribution in [2.75, 3.05) is 31.3 Å². The summed E-state index contributed by atoms with van der Waals surface area (Å²) in [6, 6.07) is 13.6. The van der Waals surface area contributed by atoms with Gasteiger partial charge in [0.1, 0.15) is 18.1 Å². The van der Waals surface area contributed by atoms with E-state index in [1.54, 1.807) is 24.0 Å². The number of benzene rings is 2. The number of rotatable bonds is 12. The summed E-state index contributed by atoms with van der Waals surface area (Å²) < 4.78 is 23.9. The minimum Gasteiger partial charge on any atom is -0.490 e. The molecule has 2 aliphatic rings. The van der Waals surface area contributed by atoms with E-state index < -0.39 is 0 Å². The van der Waals surface area contributed by atoms with Gasteiger partial charge in [0.05, 0.1) is 11.1 Å². The second kappa shape index (κ2) is 13.1. The van der Waals surface area contributed by atoms with Gasteiger partial charge in [0.2, 0.25) is 0 Å². The Kier molecular flexibility index (Phi) is 9.61. The first-order valence-electron chi connectivity index (χ1n) is 12.6. The lowest BCUT2D eigenvalue weighted by Crippen LogP contribution is -2.33. The molecule has 1 heterocycles. The number of nitrogens with zero attached hydrogens (tertiary/aromatic N) is 1. The first-order chi connectivity index (χ1) is 17.6. The van der Waals surface area contributed by atoms with Crippen LogP contribution in [0.2, 0.25) is 0 Å². The summed E-state index contributed by atoms with van der Waals surface area (Å²) in [4.78, 5) is 15.0. The van der Waals surface area contributed by atoms with Crippen molar-refractivity contribution in [3.8, 4) is 11.5 Å². The highest BCUT2D eigenvalue weighted by molar-refractivity contribution is 9.10. The molecule has 0 bridgehead atoms. The molecular formula is C29H34BrNO5. The van der Waals surface area contributed by atoms with E-state index in [0.29, 0.717) is 42.9 Å². The highest BCUT2D eigenvalue weighted by atomic mass is 79.9. The van der Waals surface area contributed by atoms with E-state index in [-0.39, 0.29) is 18.0 Å². The molecule has 1 unspecified atom stereocenters. The zero-order valence-corrected chi connectivity index (χ0v) is 22.4. The van der Waals surface area contributed by atoms with E-state index in [2.05, 4.69) is 34.6 Å². The summed E-state index contributed by atoms with van der Waals surface area (Å²) in [5.74, 6) is 2.01. The Morgan fingerprint density at radius 3 is 2.58 bits per heavy atom. The van der Waals surface area contributed by atoms with E-state index in [1.807, 2.05) is 30.3 Å². The molecule has 2 aromatic rings. The summed E-state index contributed by atoms with van der Waals surface area (Å²) in [6.45, 7) is 7.56. The van der Waals surface area contributed by atoms with Crippen molar-refractivity contribution in [3.05, 3.63) is 77.0 Å². The Morgan fingerprint density at radius 2 is 1.94 bits per heavy atom. The summed E-state index contributed by atoms with van der Waals surface area (Å²) in [6.07, 6.45) is 8.90. The molecule has 4 rings (SSSR count). The first-order valence-corrected chi connectivity index (χ1v) is 13.4. The first kappa shape index (κ1) is 26.5. The van der Waals surface area contributed by atoms with Gasteiger partial charge in [0, 0.05) is 18.8 Å². The van der Waals surface area contributed by atoms with Gasteiger partial charge in [0.15, 0.2) is 12.0 Å². The second-order valence-corrected chi connectivity index (χ2v) is 9.79. The number of amides is 1. The SMILES string of the molecule is C=CCN(C(=O)C(=CC)Oc1ccc(C2CC2)cc1)c1ccc(OCCOC2CCCCO2)c(Br)c1. The quantitative estimate of drug-likeness (QED) is 0.125. The van der Waals surface area contributed by atoms with Crippen molar-refractivity contribution < 1.29 is 23.7 Å². The molecule has 1 saturated heterocycles. The van der Waals surface area contributed by atoms with Crippen molar-refractivity contribution >= 4 is 27.5 Å². The lowest BCUT2D eigenvalue weighted by Gasteiger charge is -2.24. The molecule has 2 fully saturated rings. The fourth-order valence-electron chi connectivity index (χ4n) is 4.09. The van der Waals surface area contributed by atoms with Crippen LogP contribution < -0.4 is 14.4 Å². The van der Waals surface area contributed by atoms with Crippen LogP contribution in [0, 0.1) is 0 Å². The Bertz CT molecular complexity index is 1060. The van der Waals surface area contributed by atoms with E-state index in [4.69, 9.17) is 18.9 Å². The normalized spacial score (nSPS) is 17.9. The molecule has 1 aliphatic carbocycles. The molecule has 2 aromatic carbocycles. The van der Waals surface area contributed by atoms with Crippen LogP contribution in [0.1, 0.15) is 50.5 Å². The lowest BCUT2D eigenvalue weighted by molar-refractivity contribution is -0.165. The van der Waals surface area contributed by atoms with Gasteiger partial charge in [-0.2, -0.15) is 0 Å². The van der Waals surface area contributed by atoms with Gasteiger partial charge in [-0.25, -0.2) is 0 Å². The van der Waals surface area contributed by atoms with Crippen LogP contribution in [-0.4, -0.2) is 38.6 Å². The van der Waals surface area contributed by atoms with Crippen LogP contribution >= 0.6 is 15.9 Å². The molecule has 1 saturated carbocycles. The fraction of sp³-hybridized carbons (Fsp3) is 0.414. The van der Waals surface area contributed by atoms with Crippen LogP contribution in [0.15, 0.2) is 71.4 Å². The third-order valence-corrected chi connectivity index (χ3v) is 6.82. The maximum Gasteiger partial charge on any atom is 0.293 e. The number of ether oxygens (including phenoxy) is 4. The van der Waals surface area contributed by atoms with Gasteiger partial charge in [-0.3, -0.25) is 4.79 Å². The minimum absolute atomic E-state index is 0.134. The Balaban J connectivity index is 1.36. The number of allylic oxidation sites excluding steroid dienone is 1. The predicted octanol–water partition coefficient (Wildman–Crippen LogP) is 6.75. The van der Waals surface area contributed by atoms with E-state index >= 15 is 0 Å². The minimum atomic E-state index is -0.245. The molecule has 0 N–H and O–H groups in total.